The molecule has 0 aromatic carbocycles. The van der Waals surface area contributed by atoms with Gasteiger partial charge in [0.1, 0.15) is 12.2 Å². The van der Waals surface area contributed by atoms with Gasteiger partial charge in [0.15, 0.2) is 13.5 Å². The molecule has 3 heterocycles. The second-order valence-corrected chi connectivity index (χ2v) is 4.63. The van der Waals surface area contributed by atoms with Gasteiger partial charge in [-0.05, 0) is 25.9 Å². The van der Waals surface area contributed by atoms with Crippen LogP contribution >= 0.6 is 0 Å². The molecule has 1 N–H and O–H groups in total. The SMILES string of the molecule is BN1CCCC(c2ncc3c(=O)[nH]cnn23)C1. The van der Waals surface area contributed by atoms with E-state index < -0.39 is 0 Å². The van der Waals surface area contributed by atoms with Gasteiger partial charge in [0.2, 0.25) is 0 Å². The van der Waals surface area contributed by atoms with E-state index >= 15 is 0 Å². The first-order chi connectivity index (χ1) is 8.25. The van der Waals surface area contributed by atoms with Crippen LogP contribution in [-0.2, 0) is 0 Å². The Bertz CT molecular complexity index is 592. The zero-order valence-electron chi connectivity index (χ0n) is 9.76. The fourth-order valence-electron chi connectivity index (χ4n) is 2.51. The van der Waals surface area contributed by atoms with Gasteiger partial charge in [0.25, 0.3) is 5.56 Å². The van der Waals surface area contributed by atoms with E-state index in [2.05, 4.69) is 27.9 Å². The largest absolute Gasteiger partial charge is 0.348 e. The van der Waals surface area contributed by atoms with Crippen LogP contribution < -0.4 is 5.56 Å². The summed E-state index contributed by atoms with van der Waals surface area (Å²) in [4.78, 5) is 20.8. The van der Waals surface area contributed by atoms with E-state index in [1.54, 1.807) is 10.7 Å². The quantitative estimate of drug-likeness (QED) is 0.649. The number of aromatic nitrogens is 4. The minimum atomic E-state index is -0.136. The molecule has 0 saturated carbocycles. The van der Waals surface area contributed by atoms with Crippen LogP contribution in [0.5, 0.6) is 0 Å². The number of nitrogens with zero attached hydrogens (tertiary/aromatic N) is 4. The number of imidazole rings is 1. The van der Waals surface area contributed by atoms with Crippen molar-refractivity contribution in [2.45, 2.75) is 18.8 Å². The van der Waals surface area contributed by atoms with Crippen LogP contribution in [0.3, 0.4) is 0 Å². The predicted octanol–water partition coefficient (Wildman–Crippen LogP) is -0.855. The Labute approximate surface area is 99.1 Å². The van der Waals surface area contributed by atoms with Crippen molar-refractivity contribution >= 4 is 13.5 Å². The molecule has 1 aliphatic heterocycles. The standard InChI is InChI=1S/C10H14BN5O/c11-15-3-1-2-7(5-15)9-12-4-8-10(17)13-6-14-16(8)9/h4,6-7H,1-3,5,11H2,(H,13,14,17). The topological polar surface area (TPSA) is 66.3 Å². The monoisotopic (exact) mass is 231 g/mol. The zero-order chi connectivity index (χ0) is 11.8. The Kier molecular flexibility index (Phi) is 2.47. The fraction of sp³-hybridized carbons (Fsp3) is 0.500. The molecule has 7 heteroatoms. The Morgan fingerprint density at radius 2 is 2.41 bits per heavy atom. The zero-order valence-corrected chi connectivity index (χ0v) is 9.76. The Hall–Kier alpha value is -1.63. The molecule has 17 heavy (non-hydrogen) atoms. The Balaban J connectivity index is 2.06. The van der Waals surface area contributed by atoms with E-state index in [1.165, 1.54) is 12.7 Å². The first-order valence-corrected chi connectivity index (χ1v) is 5.85. The minimum Gasteiger partial charge on any atom is -0.348 e. The van der Waals surface area contributed by atoms with Crippen molar-refractivity contribution in [1.29, 1.82) is 0 Å². The summed E-state index contributed by atoms with van der Waals surface area (Å²) in [5.74, 6) is 1.27. The Morgan fingerprint density at radius 1 is 1.53 bits per heavy atom. The molecule has 0 spiro atoms. The van der Waals surface area contributed by atoms with Crippen LogP contribution in [0.2, 0.25) is 0 Å². The summed E-state index contributed by atoms with van der Waals surface area (Å²) in [6.45, 7) is 2.11. The Morgan fingerprint density at radius 3 is 3.24 bits per heavy atom. The maximum Gasteiger partial charge on any atom is 0.276 e. The lowest BCUT2D eigenvalue weighted by Gasteiger charge is -2.28. The van der Waals surface area contributed by atoms with Crippen LogP contribution in [0.25, 0.3) is 5.52 Å². The van der Waals surface area contributed by atoms with E-state index in [-0.39, 0.29) is 5.56 Å². The molecular formula is C10H14BN5O. The highest BCUT2D eigenvalue weighted by Gasteiger charge is 2.23. The number of aromatic amines is 1. The molecular weight excluding hydrogens is 217 g/mol. The van der Waals surface area contributed by atoms with E-state index in [0.717, 1.165) is 25.3 Å². The van der Waals surface area contributed by atoms with Gasteiger partial charge in [-0.25, -0.2) is 9.50 Å². The number of hydrogen-bond donors (Lipinski definition) is 1. The molecule has 6 nitrogen and oxygen atoms in total. The van der Waals surface area contributed by atoms with Gasteiger partial charge in [-0.15, -0.1) is 0 Å². The van der Waals surface area contributed by atoms with Gasteiger partial charge < -0.3 is 9.79 Å². The number of piperidine rings is 1. The molecule has 1 unspecified atom stereocenters. The van der Waals surface area contributed by atoms with Gasteiger partial charge in [0.05, 0.1) is 6.20 Å². The lowest BCUT2D eigenvalue weighted by molar-refractivity contribution is 0.321. The molecule has 0 amide bonds. The summed E-state index contributed by atoms with van der Waals surface area (Å²) in [6, 6.07) is 0. The first kappa shape index (κ1) is 10.5. The summed E-state index contributed by atoms with van der Waals surface area (Å²) in [5.41, 5.74) is 0.388. The summed E-state index contributed by atoms with van der Waals surface area (Å²) >= 11 is 0. The van der Waals surface area contributed by atoms with Crippen molar-refractivity contribution < 1.29 is 0 Å². The lowest BCUT2D eigenvalue weighted by atomic mass is 9.95. The highest BCUT2D eigenvalue weighted by atomic mass is 16.1. The fourth-order valence-corrected chi connectivity index (χ4v) is 2.51. The van der Waals surface area contributed by atoms with Crippen molar-refractivity contribution in [1.82, 2.24) is 24.4 Å². The summed E-state index contributed by atoms with van der Waals surface area (Å²) in [7, 11) is 2.11. The molecule has 1 fully saturated rings. The first-order valence-electron chi connectivity index (χ1n) is 5.85. The summed E-state index contributed by atoms with van der Waals surface area (Å²) < 4.78 is 1.67. The molecule has 1 saturated heterocycles. The number of rotatable bonds is 1. The summed E-state index contributed by atoms with van der Waals surface area (Å²) in [5, 5.41) is 4.18. The number of hydrogen-bond acceptors (Lipinski definition) is 4. The van der Waals surface area contributed by atoms with Crippen LogP contribution in [0.1, 0.15) is 24.6 Å². The van der Waals surface area contributed by atoms with Crippen LogP contribution in [-0.4, -0.2) is 45.5 Å². The smallest absolute Gasteiger partial charge is 0.276 e. The molecule has 2 aromatic heterocycles. The average molecular weight is 231 g/mol. The van der Waals surface area contributed by atoms with Crippen molar-refractivity contribution in [3.05, 3.63) is 28.7 Å². The van der Waals surface area contributed by atoms with Gasteiger partial charge in [-0.1, -0.05) is 0 Å². The minimum absolute atomic E-state index is 0.136. The summed E-state index contributed by atoms with van der Waals surface area (Å²) in [6.07, 6.45) is 5.31. The van der Waals surface area contributed by atoms with Crippen LogP contribution in [0.15, 0.2) is 17.3 Å². The van der Waals surface area contributed by atoms with Crippen molar-refractivity contribution in [3.63, 3.8) is 0 Å². The molecule has 88 valence electrons. The van der Waals surface area contributed by atoms with Crippen molar-refractivity contribution in [2.24, 2.45) is 0 Å². The highest BCUT2D eigenvalue weighted by molar-refractivity contribution is 6.04. The van der Waals surface area contributed by atoms with Gasteiger partial charge >= 0.3 is 0 Å². The average Bonchev–Trinajstić information content (AvgIpc) is 2.74. The second kappa shape index (κ2) is 3.99. The third-order valence-corrected chi connectivity index (χ3v) is 3.36. The number of nitrogens with one attached hydrogen (secondary N) is 1. The number of H-pyrrole nitrogens is 1. The molecule has 0 bridgehead atoms. The van der Waals surface area contributed by atoms with Crippen molar-refractivity contribution in [3.8, 4) is 0 Å². The molecule has 2 aromatic rings. The van der Waals surface area contributed by atoms with Crippen LogP contribution in [0, 0.1) is 0 Å². The van der Waals surface area contributed by atoms with E-state index in [1.807, 2.05) is 0 Å². The third kappa shape index (κ3) is 1.76. The lowest BCUT2D eigenvalue weighted by Crippen LogP contribution is -2.33. The van der Waals surface area contributed by atoms with Gasteiger partial charge in [-0.3, -0.25) is 4.79 Å². The van der Waals surface area contributed by atoms with Crippen molar-refractivity contribution in [2.75, 3.05) is 13.1 Å². The maximum absolute atomic E-state index is 11.6. The number of fused-ring (bicyclic) bond motifs is 1. The molecule has 3 rings (SSSR count). The third-order valence-electron chi connectivity index (χ3n) is 3.36. The molecule has 1 aliphatic rings. The van der Waals surface area contributed by atoms with Gasteiger partial charge in [-0.2, -0.15) is 5.10 Å². The second-order valence-electron chi connectivity index (χ2n) is 4.63. The van der Waals surface area contributed by atoms with E-state index in [9.17, 15) is 4.79 Å². The molecule has 0 aliphatic carbocycles. The predicted molar refractivity (Wildman–Crippen MR) is 65.7 cm³/mol. The normalized spacial score (nSPS) is 22.0. The maximum atomic E-state index is 11.6. The van der Waals surface area contributed by atoms with Crippen LogP contribution in [0.4, 0.5) is 0 Å². The highest BCUT2D eigenvalue weighted by Crippen LogP contribution is 2.24. The molecule has 1 atom stereocenters. The van der Waals surface area contributed by atoms with Gasteiger partial charge in [0, 0.05) is 5.92 Å². The van der Waals surface area contributed by atoms with E-state index in [0.29, 0.717) is 11.4 Å². The molecule has 0 radical (unpaired) electrons. The van der Waals surface area contributed by atoms with E-state index in [4.69, 9.17) is 0 Å².